The number of nitro groups is 1. The molecule has 98 valence electrons. The van der Waals surface area contributed by atoms with Crippen LogP contribution in [-0.4, -0.2) is 28.5 Å². The zero-order valence-corrected chi connectivity index (χ0v) is 10.3. The summed E-state index contributed by atoms with van der Waals surface area (Å²) in [6.45, 7) is 0.487. The van der Waals surface area contributed by atoms with Gasteiger partial charge in [0.15, 0.2) is 0 Å². The lowest BCUT2D eigenvalue weighted by molar-refractivity contribution is -0.386. The Bertz CT molecular complexity index is 432. The van der Waals surface area contributed by atoms with Crippen LogP contribution in [0.4, 0.5) is 11.6 Å². The number of aromatic nitrogens is 2. The average Bonchev–Trinajstić information content (AvgIpc) is 2.88. The summed E-state index contributed by atoms with van der Waals surface area (Å²) in [6.07, 6.45) is 5.83. The molecule has 7 heteroatoms. The molecule has 1 N–H and O–H groups in total. The highest BCUT2D eigenvalue weighted by molar-refractivity contribution is 5.42. The third-order valence-electron chi connectivity index (χ3n) is 3.09. The van der Waals surface area contributed by atoms with Crippen molar-refractivity contribution in [1.29, 1.82) is 0 Å². The molecule has 1 aromatic heterocycles. The van der Waals surface area contributed by atoms with Gasteiger partial charge in [0.2, 0.25) is 5.95 Å². The van der Waals surface area contributed by atoms with Gasteiger partial charge < -0.3 is 10.1 Å². The van der Waals surface area contributed by atoms with Crippen LogP contribution in [0, 0.1) is 16.0 Å². The molecule has 1 aliphatic carbocycles. The van der Waals surface area contributed by atoms with Gasteiger partial charge in [-0.2, -0.15) is 4.98 Å². The first-order valence-electron chi connectivity index (χ1n) is 6.02. The van der Waals surface area contributed by atoms with Crippen molar-refractivity contribution in [3.8, 4) is 5.88 Å². The van der Waals surface area contributed by atoms with Gasteiger partial charge in [-0.05, 0) is 18.8 Å². The van der Waals surface area contributed by atoms with E-state index >= 15 is 0 Å². The Morgan fingerprint density at radius 2 is 2.28 bits per heavy atom. The normalized spacial score (nSPS) is 15.6. The summed E-state index contributed by atoms with van der Waals surface area (Å²) in [5.74, 6) is 0.853. The number of nitrogens with zero attached hydrogens (tertiary/aromatic N) is 3. The number of ether oxygens (including phenoxy) is 1. The fourth-order valence-electron chi connectivity index (χ4n) is 2.09. The second kappa shape index (κ2) is 5.61. The van der Waals surface area contributed by atoms with E-state index < -0.39 is 4.92 Å². The maximum Gasteiger partial charge on any atom is 0.349 e. The zero-order chi connectivity index (χ0) is 13.0. The highest BCUT2D eigenvalue weighted by Crippen LogP contribution is 2.28. The smallest absolute Gasteiger partial charge is 0.349 e. The molecule has 1 saturated carbocycles. The predicted molar refractivity (Wildman–Crippen MR) is 65.7 cm³/mol. The summed E-state index contributed by atoms with van der Waals surface area (Å²) in [7, 11) is 1.65. The van der Waals surface area contributed by atoms with Crippen LogP contribution in [0.5, 0.6) is 5.88 Å². The van der Waals surface area contributed by atoms with Crippen LogP contribution in [0.1, 0.15) is 25.7 Å². The Balaban J connectivity index is 2.10. The van der Waals surface area contributed by atoms with Crippen molar-refractivity contribution < 1.29 is 9.66 Å². The standard InChI is InChI=1S/C11H16N4O3/c1-12-11-13-6-9(15(16)17)10(14-11)18-7-8-4-2-3-5-8/h6,8H,2-5,7H2,1H3,(H,12,13,14). The van der Waals surface area contributed by atoms with Gasteiger partial charge in [0.05, 0.1) is 11.5 Å². The van der Waals surface area contributed by atoms with Crippen molar-refractivity contribution in [2.45, 2.75) is 25.7 Å². The topological polar surface area (TPSA) is 90.2 Å². The minimum atomic E-state index is -0.524. The number of hydrogen-bond donors (Lipinski definition) is 1. The zero-order valence-electron chi connectivity index (χ0n) is 10.3. The summed E-state index contributed by atoms with van der Waals surface area (Å²) < 4.78 is 5.49. The van der Waals surface area contributed by atoms with Gasteiger partial charge >= 0.3 is 5.69 Å². The molecule has 1 heterocycles. The van der Waals surface area contributed by atoms with Crippen LogP contribution in [0.25, 0.3) is 0 Å². The molecule has 0 saturated heterocycles. The summed E-state index contributed by atoms with van der Waals surface area (Å²) >= 11 is 0. The van der Waals surface area contributed by atoms with Crippen molar-refractivity contribution in [1.82, 2.24) is 9.97 Å². The van der Waals surface area contributed by atoms with E-state index in [1.807, 2.05) is 0 Å². The first-order chi connectivity index (χ1) is 8.70. The molecule has 0 amide bonds. The van der Waals surface area contributed by atoms with Crippen molar-refractivity contribution in [2.75, 3.05) is 19.0 Å². The van der Waals surface area contributed by atoms with E-state index in [0.717, 1.165) is 12.8 Å². The Morgan fingerprint density at radius 3 is 2.89 bits per heavy atom. The van der Waals surface area contributed by atoms with Crippen LogP contribution >= 0.6 is 0 Å². The van der Waals surface area contributed by atoms with E-state index in [-0.39, 0.29) is 11.6 Å². The largest absolute Gasteiger partial charge is 0.472 e. The molecule has 2 rings (SSSR count). The molecular weight excluding hydrogens is 236 g/mol. The molecule has 0 aliphatic heterocycles. The van der Waals surface area contributed by atoms with Gasteiger partial charge in [-0.25, -0.2) is 4.98 Å². The molecule has 1 fully saturated rings. The Hall–Kier alpha value is -1.92. The van der Waals surface area contributed by atoms with Crippen LogP contribution < -0.4 is 10.1 Å². The minimum Gasteiger partial charge on any atom is -0.472 e. The minimum absolute atomic E-state index is 0.0475. The van der Waals surface area contributed by atoms with Crippen LogP contribution in [0.3, 0.4) is 0 Å². The van der Waals surface area contributed by atoms with Crippen molar-refractivity contribution in [3.05, 3.63) is 16.3 Å². The van der Waals surface area contributed by atoms with E-state index in [2.05, 4.69) is 15.3 Å². The van der Waals surface area contributed by atoms with Crippen molar-refractivity contribution in [2.24, 2.45) is 5.92 Å². The summed E-state index contributed by atoms with van der Waals surface area (Å²) in [5, 5.41) is 13.6. The van der Waals surface area contributed by atoms with Crippen molar-refractivity contribution >= 4 is 11.6 Å². The highest BCUT2D eigenvalue weighted by atomic mass is 16.6. The molecule has 1 aliphatic rings. The van der Waals surface area contributed by atoms with Gasteiger partial charge in [-0.15, -0.1) is 0 Å². The predicted octanol–water partition coefficient (Wildman–Crippen LogP) is 2.00. The second-order valence-electron chi connectivity index (χ2n) is 4.35. The monoisotopic (exact) mass is 252 g/mol. The second-order valence-corrected chi connectivity index (χ2v) is 4.35. The number of rotatable bonds is 5. The van der Waals surface area contributed by atoms with E-state index in [0.29, 0.717) is 18.5 Å². The molecule has 0 aromatic carbocycles. The van der Waals surface area contributed by atoms with E-state index in [1.165, 1.54) is 19.0 Å². The van der Waals surface area contributed by atoms with Crippen LogP contribution in [-0.2, 0) is 0 Å². The average molecular weight is 252 g/mol. The molecular formula is C11H16N4O3. The van der Waals surface area contributed by atoms with Gasteiger partial charge in [0.25, 0.3) is 5.88 Å². The van der Waals surface area contributed by atoms with Gasteiger partial charge in [-0.1, -0.05) is 12.8 Å². The molecule has 0 bridgehead atoms. The number of anilines is 1. The van der Waals surface area contributed by atoms with Gasteiger partial charge in [0, 0.05) is 7.05 Å². The van der Waals surface area contributed by atoms with Gasteiger partial charge in [-0.3, -0.25) is 10.1 Å². The molecule has 1 aromatic rings. The van der Waals surface area contributed by atoms with E-state index in [1.54, 1.807) is 7.05 Å². The maximum atomic E-state index is 10.8. The Morgan fingerprint density at radius 1 is 1.56 bits per heavy atom. The molecule has 0 atom stereocenters. The van der Waals surface area contributed by atoms with Crippen LogP contribution in [0.2, 0.25) is 0 Å². The Kier molecular flexibility index (Phi) is 3.91. The summed E-state index contributed by atoms with van der Waals surface area (Å²) in [5.41, 5.74) is -0.188. The lowest BCUT2D eigenvalue weighted by atomic mass is 10.1. The first-order valence-corrected chi connectivity index (χ1v) is 6.02. The molecule has 0 unspecified atom stereocenters. The van der Waals surface area contributed by atoms with E-state index in [9.17, 15) is 10.1 Å². The molecule has 0 spiro atoms. The SMILES string of the molecule is CNc1ncc([N+](=O)[O-])c(OCC2CCCC2)n1. The first kappa shape index (κ1) is 12.5. The van der Waals surface area contributed by atoms with Crippen molar-refractivity contribution in [3.63, 3.8) is 0 Å². The fourth-order valence-corrected chi connectivity index (χ4v) is 2.09. The van der Waals surface area contributed by atoms with Crippen LogP contribution in [0.15, 0.2) is 6.20 Å². The fraction of sp³-hybridized carbons (Fsp3) is 0.636. The highest BCUT2D eigenvalue weighted by Gasteiger charge is 2.21. The lowest BCUT2D eigenvalue weighted by Crippen LogP contribution is -2.11. The van der Waals surface area contributed by atoms with Gasteiger partial charge in [0.1, 0.15) is 6.20 Å². The molecule has 0 radical (unpaired) electrons. The summed E-state index contributed by atoms with van der Waals surface area (Å²) in [6, 6.07) is 0. The molecule has 7 nitrogen and oxygen atoms in total. The quantitative estimate of drug-likeness (QED) is 0.636. The summed E-state index contributed by atoms with van der Waals surface area (Å²) in [4.78, 5) is 18.1. The molecule has 18 heavy (non-hydrogen) atoms. The van der Waals surface area contributed by atoms with E-state index in [4.69, 9.17) is 4.74 Å². The third-order valence-corrected chi connectivity index (χ3v) is 3.09. The maximum absolute atomic E-state index is 10.8. The Labute approximate surface area is 105 Å². The number of hydrogen-bond acceptors (Lipinski definition) is 6. The lowest BCUT2D eigenvalue weighted by Gasteiger charge is -2.10. The third kappa shape index (κ3) is 2.85. The number of nitrogens with one attached hydrogen (secondary N) is 1.